The second kappa shape index (κ2) is 7.17. The van der Waals surface area contributed by atoms with Crippen LogP contribution in [0.1, 0.15) is 34.3 Å². The zero-order valence-electron chi connectivity index (χ0n) is 13.9. The maximum absolute atomic E-state index is 11.8. The SMILES string of the molecule is CC1CCc2c(sc3ncnc(SCCOC(=O)c4ccco4)c23)C1. The minimum atomic E-state index is -0.430. The van der Waals surface area contributed by atoms with E-state index >= 15 is 0 Å². The lowest BCUT2D eigenvalue weighted by atomic mass is 9.89. The van der Waals surface area contributed by atoms with Crippen molar-refractivity contribution < 1.29 is 13.9 Å². The predicted molar refractivity (Wildman–Crippen MR) is 98.3 cm³/mol. The van der Waals surface area contributed by atoms with Crippen molar-refractivity contribution in [2.75, 3.05) is 12.4 Å². The van der Waals surface area contributed by atoms with Crippen LogP contribution in [0.25, 0.3) is 10.2 Å². The Balaban J connectivity index is 1.44. The van der Waals surface area contributed by atoms with E-state index in [1.54, 1.807) is 41.6 Å². The Morgan fingerprint density at radius 3 is 3.24 bits per heavy atom. The van der Waals surface area contributed by atoms with E-state index < -0.39 is 5.97 Å². The summed E-state index contributed by atoms with van der Waals surface area (Å²) in [6, 6.07) is 3.27. The van der Waals surface area contributed by atoms with E-state index in [4.69, 9.17) is 9.15 Å². The molecule has 25 heavy (non-hydrogen) atoms. The molecule has 1 unspecified atom stereocenters. The molecular formula is C18H18N2O3S2. The highest BCUT2D eigenvalue weighted by Gasteiger charge is 2.23. The molecule has 0 amide bonds. The van der Waals surface area contributed by atoms with Gasteiger partial charge in [0, 0.05) is 16.0 Å². The van der Waals surface area contributed by atoms with Gasteiger partial charge in [-0.1, -0.05) is 6.92 Å². The predicted octanol–water partition coefficient (Wildman–Crippen LogP) is 4.36. The van der Waals surface area contributed by atoms with Crippen molar-refractivity contribution in [3.05, 3.63) is 40.9 Å². The standard InChI is InChI=1S/C18H18N2O3S2/c1-11-4-5-12-14(9-11)25-17-15(12)16(19-10-20-17)24-8-7-23-18(21)13-3-2-6-22-13/h2-3,6,10-11H,4-5,7-9H2,1H3. The molecule has 0 aromatic carbocycles. The second-order valence-corrected chi connectivity index (χ2v) is 8.34. The number of thiophene rings is 1. The third-order valence-corrected chi connectivity index (χ3v) is 6.45. The van der Waals surface area contributed by atoms with E-state index in [0.717, 1.165) is 28.6 Å². The Morgan fingerprint density at radius 2 is 2.40 bits per heavy atom. The van der Waals surface area contributed by atoms with E-state index in [1.807, 2.05) is 0 Å². The molecule has 3 heterocycles. The lowest BCUT2D eigenvalue weighted by Crippen LogP contribution is -2.09. The Morgan fingerprint density at radius 1 is 1.48 bits per heavy atom. The zero-order chi connectivity index (χ0) is 17.2. The van der Waals surface area contributed by atoms with Gasteiger partial charge in [-0.05, 0) is 42.9 Å². The second-order valence-electron chi connectivity index (χ2n) is 6.17. The lowest BCUT2D eigenvalue weighted by Gasteiger charge is -2.18. The monoisotopic (exact) mass is 374 g/mol. The van der Waals surface area contributed by atoms with Crippen molar-refractivity contribution in [2.45, 2.75) is 31.2 Å². The fourth-order valence-corrected chi connectivity index (χ4v) is 5.35. The van der Waals surface area contributed by atoms with Gasteiger partial charge in [-0.15, -0.1) is 23.1 Å². The summed E-state index contributed by atoms with van der Waals surface area (Å²) < 4.78 is 10.3. The van der Waals surface area contributed by atoms with Crippen LogP contribution in [0, 0.1) is 5.92 Å². The first-order valence-corrected chi connectivity index (χ1v) is 10.1. The number of rotatable bonds is 5. The number of hydrogen-bond acceptors (Lipinski definition) is 7. The number of furan rings is 1. The molecule has 0 N–H and O–H groups in total. The maximum atomic E-state index is 11.8. The van der Waals surface area contributed by atoms with Crippen LogP contribution < -0.4 is 0 Å². The van der Waals surface area contributed by atoms with Crippen molar-refractivity contribution in [1.82, 2.24) is 9.97 Å². The first-order chi connectivity index (χ1) is 12.2. The summed E-state index contributed by atoms with van der Waals surface area (Å²) in [6.07, 6.45) is 6.55. The summed E-state index contributed by atoms with van der Waals surface area (Å²) in [7, 11) is 0. The Bertz CT molecular complexity index is 889. The number of thioether (sulfide) groups is 1. The highest BCUT2D eigenvalue weighted by molar-refractivity contribution is 7.99. The molecule has 130 valence electrons. The molecule has 0 bridgehead atoms. The van der Waals surface area contributed by atoms with Crippen molar-refractivity contribution in [2.24, 2.45) is 5.92 Å². The van der Waals surface area contributed by atoms with E-state index in [1.165, 1.54) is 28.5 Å². The number of fused-ring (bicyclic) bond motifs is 3. The van der Waals surface area contributed by atoms with Gasteiger partial charge >= 0.3 is 5.97 Å². The third-order valence-electron chi connectivity index (χ3n) is 4.33. The molecular weight excluding hydrogens is 356 g/mol. The average Bonchev–Trinajstić information content (AvgIpc) is 3.25. The van der Waals surface area contributed by atoms with Gasteiger partial charge in [0.15, 0.2) is 0 Å². The van der Waals surface area contributed by atoms with Gasteiger partial charge in [-0.2, -0.15) is 0 Å². The van der Waals surface area contributed by atoms with Crippen LogP contribution >= 0.6 is 23.1 Å². The van der Waals surface area contributed by atoms with Gasteiger partial charge < -0.3 is 9.15 Å². The lowest BCUT2D eigenvalue weighted by molar-refractivity contribution is 0.0494. The summed E-state index contributed by atoms with van der Waals surface area (Å²) in [4.78, 5) is 23.2. The first kappa shape index (κ1) is 16.6. The van der Waals surface area contributed by atoms with Gasteiger partial charge in [0.25, 0.3) is 0 Å². The number of hydrogen-bond donors (Lipinski definition) is 0. The smallest absolute Gasteiger partial charge is 0.374 e. The average molecular weight is 374 g/mol. The molecule has 7 heteroatoms. The maximum Gasteiger partial charge on any atom is 0.374 e. The molecule has 0 spiro atoms. The number of nitrogens with zero attached hydrogens (tertiary/aromatic N) is 2. The van der Waals surface area contributed by atoms with Crippen LogP contribution in [-0.4, -0.2) is 28.3 Å². The quantitative estimate of drug-likeness (QED) is 0.286. The van der Waals surface area contributed by atoms with Gasteiger partial charge in [-0.3, -0.25) is 0 Å². The molecule has 1 aliphatic carbocycles. The summed E-state index contributed by atoms with van der Waals surface area (Å²) >= 11 is 3.41. The molecule has 1 atom stereocenters. The Kier molecular flexibility index (Phi) is 4.76. The molecule has 0 fully saturated rings. The first-order valence-electron chi connectivity index (χ1n) is 8.31. The summed E-state index contributed by atoms with van der Waals surface area (Å²) in [5.74, 6) is 1.20. The fraction of sp³-hybridized carbons (Fsp3) is 0.389. The normalized spacial score (nSPS) is 16.8. The summed E-state index contributed by atoms with van der Waals surface area (Å²) in [6.45, 7) is 2.63. The summed E-state index contributed by atoms with van der Waals surface area (Å²) in [5.41, 5.74) is 1.42. The number of esters is 1. The molecule has 0 saturated carbocycles. The Hall–Kier alpha value is -1.86. The van der Waals surface area contributed by atoms with Gasteiger partial charge in [0.1, 0.15) is 22.8 Å². The van der Waals surface area contributed by atoms with E-state index in [0.29, 0.717) is 12.4 Å². The van der Waals surface area contributed by atoms with Crippen molar-refractivity contribution in [3.8, 4) is 0 Å². The Labute approximate surface area is 153 Å². The van der Waals surface area contributed by atoms with Crippen LogP contribution in [0.4, 0.5) is 0 Å². The van der Waals surface area contributed by atoms with Gasteiger partial charge in [0.05, 0.1) is 6.26 Å². The molecule has 1 aliphatic rings. The number of aromatic nitrogens is 2. The third kappa shape index (κ3) is 3.43. The van der Waals surface area contributed by atoms with Crippen molar-refractivity contribution >= 4 is 39.3 Å². The fourth-order valence-electron chi connectivity index (χ4n) is 3.09. The minimum Gasteiger partial charge on any atom is -0.459 e. The summed E-state index contributed by atoms with van der Waals surface area (Å²) in [5, 5.41) is 2.20. The largest absolute Gasteiger partial charge is 0.459 e. The van der Waals surface area contributed by atoms with E-state index in [-0.39, 0.29) is 5.76 Å². The topological polar surface area (TPSA) is 65.2 Å². The highest BCUT2D eigenvalue weighted by Crippen LogP contribution is 2.40. The van der Waals surface area contributed by atoms with Gasteiger partial charge in [0.2, 0.25) is 5.76 Å². The number of carbonyl (C=O) groups excluding carboxylic acids is 1. The van der Waals surface area contributed by atoms with Crippen LogP contribution in [0.3, 0.4) is 0 Å². The molecule has 3 aromatic heterocycles. The number of aryl methyl sites for hydroxylation is 1. The minimum absolute atomic E-state index is 0.232. The van der Waals surface area contributed by atoms with Crippen LogP contribution in [0.15, 0.2) is 34.2 Å². The number of carbonyl (C=O) groups is 1. The highest BCUT2D eigenvalue weighted by atomic mass is 32.2. The molecule has 3 aromatic rings. The number of ether oxygens (including phenoxy) is 1. The van der Waals surface area contributed by atoms with Crippen molar-refractivity contribution in [1.29, 1.82) is 0 Å². The van der Waals surface area contributed by atoms with Crippen LogP contribution in [-0.2, 0) is 17.6 Å². The molecule has 5 nitrogen and oxygen atoms in total. The molecule has 0 aliphatic heterocycles. The van der Waals surface area contributed by atoms with Crippen LogP contribution in [0.2, 0.25) is 0 Å². The van der Waals surface area contributed by atoms with Crippen LogP contribution in [0.5, 0.6) is 0 Å². The van der Waals surface area contributed by atoms with Crippen molar-refractivity contribution in [3.63, 3.8) is 0 Å². The molecule has 0 radical (unpaired) electrons. The van der Waals surface area contributed by atoms with Gasteiger partial charge in [-0.25, -0.2) is 14.8 Å². The van der Waals surface area contributed by atoms with E-state index in [9.17, 15) is 4.79 Å². The molecule has 0 saturated heterocycles. The van der Waals surface area contributed by atoms with E-state index in [2.05, 4.69) is 16.9 Å². The molecule has 4 rings (SSSR count). The zero-order valence-corrected chi connectivity index (χ0v) is 15.5.